The number of amides is 1. The fourth-order valence-corrected chi connectivity index (χ4v) is 8.61. The third kappa shape index (κ3) is 7.31. The molecule has 0 aliphatic carbocycles. The zero-order valence-corrected chi connectivity index (χ0v) is 28.7. The molecule has 8 atom stereocenters. The van der Waals surface area contributed by atoms with Gasteiger partial charge in [0, 0.05) is 5.69 Å². The first kappa shape index (κ1) is 37.1. The highest BCUT2D eigenvalue weighted by Crippen LogP contribution is 2.49. The number of carbonyl (C=O) groups is 2. The first-order valence-corrected chi connectivity index (χ1v) is 18.2. The molecular weight excluding hydrogens is 697 g/mol. The highest BCUT2D eigenvalue weighted by atomic mass is 32.2. The quantitative estimate of drug-likeness (QED) is 0.112. The van der Waals surface area contributed by atoms with Crippen molar-refractivity contribution in [3.05, 3.63) is 114 Å². The summed E-state index contributed by atoms with van der Waals surface area (Å²) < 4.78 is 52.8. The highest BCUT2D eigenvalue weighted by Gasteiger charge is 2.52. The van der Waals surface area contributed by atoms with E-state index in [0.29, 0.717) is 22.4 Å². The Kier molecular flexibility index (Phi) is 10.8. The van der Waals surface area contributed by atoms with Crippen molar-refractivity contribution in [2.45, 2.75) is 60.4 Å². The van der Waals surface area contributed by atoms with Gasteiger partial charge in [-0.3, -0.25) is 4.79 Å². The third-order valence-corrected chi connectivity index (χ3v) is 11.4. The molecule has 52 heavy (non-hydrogen) atoms. The van der Waals surface area contributed by atoms with Crippen molar-refractivity contribution < 1.29 is 57.4 Å². The number of aliphatic hydroxyl groups is 4. The molecule has 2 saturated heterocycles. The number of hydrogen-bond donors (Lipinski definition) is 5. The van der Waals surface area contributed by atoms with E-state index < -0.39 is 76.0 Å². The lowest BCUT2D eigenvalue weighted by atomic mass is 9.78. The molecular formula is C38H38FNO11S. The van der Waals surface area contributed by atoms with Crippen LogP contribution in [-0.2, 0) is 28.9 Å². The largest absolute Gasteiger partial charge is 0.508 e. The smallest absolute Gasteiger partial charge is 0.337 e. The van der Waals surface area contributed by atoms with Gasteiger partial charge in [0.05, 0.1) is 35.8 Å². The van der Waals surface area contributed by atoms with Gasteiger partial charge in [-0.15, -0.1) is 0 Å². The summed E-state index contributed by atoms with van der Waals surface area (Å²) >= 11 is 0. The van der Waals surface area contributed by atoms with Gasteiger partial charge in [0.15, 0.2) is 15.9 Å². The topological polar surface area (TPSA) is 191 Å². The van der Waals surface area contributed by atoms with Crippen LogP contribution in [0.5, 0.6) is 5.75 Å². The molecule has 2 aliphatic rings. The van der Waals surface area contributed by atoms with Crippen LogP contribution in [0.25, 0.3) is 11.1 Å². The molecule has 6 rings (SSSR count). The molecule has 5 N–H and O–H groups in total. The van der Waals surface area contributed by atoms with E-state index in [1.165, 1.54) is 47.4 Å². The second-order valence-corrected chi connectivity index (χ2v) is 14.9. The molecule has 0 bridgehead atoms. The number of sulfone groups is 1. The molecule has 1 amide bonds. The Balaban J connectivity index is 1.42. The van der Waals surface area contributed by atoms with E-state index >= 15 is 0 Å². The predicted octanol–water partition coefficient (Wildman–Crippen LogP) is 3.21. The van der Waals surface area contributed by atoms with Crippen molar-refractivity contribution >= 4 is 27.4 Å². The van der Waals surface area contributed by atoms with Crippen LogP contribution in [0, 0.1) is 11.7 Å². The Morgan fingerprint density at radius 2 is 1.60 bits per heavy atom. The fraction of sp³-hybridized carbons (Fsp3) is 0.316. The average Bonchev–Trinajstić information content (AvgIpc) is 3.14. The van der Waals surface area contributed by atoms with Crippen molar-refractivity contribution in [1.82, 2.24) is 0 Å². The minimum Gasteiger partial charge on any atom is -0.508 e. The van der Waals surface area contributed by atoms with E-state index in [9.17, 15) is 47.9 Å². The number of carbonyl (C=O) groups excluding carboxylic acids is 2. The van der Waals surface area contributed by atoms with E-state index in [4.69, 9.17) is 4.74 Å². The van der Waals surface area contributed by atoms with Gasteiger partial charge < -0.3 is 39.9 Å². The maximum absolute atomic E-state index is 14.5. The number of anilines is 1. The van der Waals surface area contributed by atoms with E-state index in [-0.39, 0.29) is 35.0 Å². The van der Waals surface area contributed by atoms with Gasteiger partial charge in [-0.2, -0.15) is 0 Å². The number of benzene rings is 4. The number of esters is 1. The molecule has 2 fully saturated rings. The number of phenolic OH excluding ortho intramolecular Hbond substituents is 1. The maximum atomic E-state index is 14.5. The van der Waals surface area contributed by atoms with Crippen LogP contribution < -0.4 is 4.90 Å². The van der Waals surface area contributed by atoms with E-state index in [1.807, 2.05) is 0 Å². The van der Waals surface area contributed by atoms with Gasteiger partial charge in [-0.1, -0.05) is 54.6 Å². The molecule has 0 radical (unpaired) electrons. The van der Waals surface area contributed by atoms with E-state index in [1.54, 1.807) is 54.6 Å². The average molecular weight is 736 g/mol. The molecule has 274 valence electrons. The Labute approximate surface area is 299 Å². The number of β-lactam (4-membered cyclic amide) rings is 1. The zero-order valence-electron chi connectivity index (χ0n) is 27.9. The van der Waals surface area contributed by atoms with Crippen molar-refractivity contribution in [1.29, 1.82) is 0 Å². The number of halogens is 1. The Morgan fingerprint density at radius 3 is 2.27 bits per heavy atom. The number of aliphatic hydroxyl groups excluding tert-OH is 4. The van der Waals surface area contributed by atoms with Gasteiger partial charge in [0.2, 0.25) is 5.91 Å². The van der Waals surface area contributed by atoms with Crippen LogP contribution in [0.3, 0.4) is 0 Å². The Bertz CT molecular complexity index is 2030. The molecule has 14 heteroatoms. The first-order valence-electron chi connectivity index (χ1n) is 16.6. The maximum Gasteiger partial charge on any atom is 0.337 e. The number of ether oxygens (including phenoxy) is 2. The minimum atomic E-state index is -4.52. The lowest BCUT2D eigenvalue weighted by molar-refractivity contribution is -0.224. The number of rotatable bonds is 11. The summed E-state index contributed by atoms with van der Waals surface area (Å²) in [5, 5.41) is 52.8. The fourth-order valence-electron chi connectivity index (χ4n) is 6.87. The van der Waals surface area contributed by atoms with Crippen molar-refractivity contribution in [3.8, 4) is 16.9 Å². The Morgan fingerprint density at radius 1 is 0.904 bits per heavy atom. The summed E-state index contributed by atoms with van der Waals surface area (Å²) in [6, 6.07) is 23.9. The summed E-state index contributed by atoms with van der Waals surface area (Å²) in [6.45, 7) is 0. The molecule has 4 aromatic rings. The van der Waals surface area contributed by atoms with Crippen LogP contribution in [0.4, 0.5) is 10.1 Å². The number of aromatic hydroxyl groups is 1. The molecule has 2 heterocycles. The number of nitrogens with zero attached hydrogens (tertiary/aromatic N) is 1. The summed E-state index contributed by atoms with van der Waals surface area (Å²) in [4.78, 5) is 27.4. The number of phenols is 1. The van der Waals surface area contributed by atoms with Gasteiger partial charge in [-0.05, 0) is 77.6 Å². The molecule has 0 spiro atoms. The van der Waals surface area contributed by atoms with Gasteiger partial charge in [0.1, 0.15) is 36.0 Å². The number of para-hydroxylation sites is 1. The van der Waals surface area contributed by atoms with Gasteiger partial charge in [0.25, 0.3) is 0 Å². The Hall–Kier alpha value is -4.70. The summed E-state index contributed by atoms with van der Waals surface area (Å²) in [5.74, 6) is -3.67. The summed E-state index contributed by atoms with van der Waals surface area (Å²) in [6.07, 6.45) is -10.0. The molecule has 2 unspecified atom stereocenters. The van der Waals surface area contributed by atoms with Crippen LogP contribution in [0.15, 0.2) is 102 Å². The van der Waals surface area contributed by atoms with E-state index in [2.05, 4.69) is 4.74 Å². The van der Waals surface area contributed by atoms with Crippen molar-refractivity contribution in [3.63, 3.8) is 0 Å². The second kappa shape index (κ2) is 15.1. The van der Waals surface area contributed by atoms with Crippen molar-refractivity contribution in [2.24, 2.45) is 5.92 Å². The normalized spacial score (nSPS) is 25.3. The number of methoxy groups -OCH3 is 1. The van der Waals surface area contributed by atoms with Crippen molar-refractivity contribution in [2.75, 3.05) is 17.8 Å². The molecule has 2 aliphatic heterocycles. The van der Waals surface area contributed by atoms with Gasteiger partial charge >= 0.3 is 5.97 Å². The standard InChI is InChI=1S/C38H38FNO11S/c1-50-38(47)36-35(45)34(44)33(43)30(51-36)20-52(48,49)31-19-23(22-6-5-9-26(41)18-22)12-15-27(31)32-28(37(46)40(32)25-7-3-2-4-8-25)16-17-29(42)21-10-13-24(39)14-11-21/h2-15,18-19,28-30,32-36,41-45H,16-17,20H2,1H3/t28-,29+,30+,32-,33?,34-,35-,36?/m1/s1. The van der Waals surface area contributed by atoms with E-state index in [0.717, 1.165) is 7.11 Å². The summed E-state index contributed by atoms with van der Waals surface area (Å²) in [5.41, 5.74) is 2.03. The highest BCUT2D eigenvalue weighted by molar-refractivity contribution is 7.91. The lowest BCUT2D eigenvalue weighted by Crippen LogP contribution is -2.61. The molecule has 0 aromatic heterocycles. The number of hydrogen-bond acceptors (Lipinski definition) is 11. The van der Waals surface area contributed by atoms with Gasteiger partial charge in [-0.25, -0.2) is 17.6 Å². The molecule has 4 aromatic carbocycles. The van der Waals surface area contributed by atoms with Crippen LogP contribution in [-0.4, -0.2) is 89.2 Å². The first-order chi connectivity index (χ1) is 24.8. The van der Waals surface area contributed by atoms with Crippen LogP contribution in [0.1, 0.15) is 36.1 Å². The van der Waals surface area contributed by atoms with Crippen LogP contribution in [0.2, 0.25) is 0 Å². The lowest BCUT2D eigenvalue weighted by Gasteiger charge is -2.48. The molecule has 0 saturated carbocycles. The zero-order chi connectivity index (χ0) is 37.3. The minimum absolute atomic E-state index is 0.0641. The summed E-state index contributed by atoms with van der Waals surface area (Å²) in [7, 11) is -3.50. The third-order valence-electron chi connectivity index (χ3n) is 9.63. The molecule has 12 nitrogen and oxygen atoms in total. The SMILES string of the molecule is COC(=O)C1O[C@@H](CS(=O)(=O)c2cc(-c3cccc(O)c3)ccc2[C@@H]2[C@@H](CC[C@H](O)c3ccc(F)cc3)C(=O)N2c2ccccc2)C(O)[C@@H](O)[C@H]1O. The monoisotopic (exact) mass is 735 g/mol. The predicted molar refractivity (Wildman–Crippen MR) is 185 cm³/mol. The van der Waals surface area contributed by atoms with Crippen LogP contribution >= 0.6 is 0 Å². The second-order valence-electron chi connectivity index (χ2n) is 12.9.